The highest BCUT2D eigenvalue weighted by Crippen LogP contribution is 2.33. The monoisotopic (exact) mass is 626 g/mol. The van der Waals surface area contributed by atoms with Crippen molar-refractivity contribution in [2.24, 2.45) is 0 Å². The van der Waals surface area contributed by atoms with Crippen molar-refractivity contribution in [2.45, 2.75) is 86.5 Å². The molecule has 46 heavy (non-hydrogen) atoms. The van der Waals surface area contributed by atoms with E-state index in [-0.39, 0.29) is 36.2 Å². The van der Waals surface area contributed by atoms with Gasteiger partial charge in [-0.05, 0) is 109 Å². The number of hydrogen-bond donors (Lipinski definition) is 2. The Kier molecular flexibility index (Phi) is 9.02. The Labute approximate surface area is 270 Å². The van der Waals surface area contributed by atoms with Gasteiger partial charge in [-0.3, -0.25) is 9.59 Å². The van der Waals surface area contributed by atoms with E-state index in [2.05, 4.69) is 52.8 Å². The number of aromatic amines is 1. The van der Waals surface area contributed by atoms with Gasteiger partial charge in [0.1, 0.15) is 11.4 Å². The zero-order chi connectivity index (χ0) is 33.5. The molecule has 0 radical (unpaired) electrons. The van der Waals surface area contributed by atoms with Gasteiger partial charge in [-0.15, -0.1) is 0 Å². The maximum absolute atomic E-state index is 13.8. The molecule has 10 heteroatoms. The van der Waals surface area contributed by atoms with Crippen LogP contribution in [0.15, 0.2) is 47.5 Å². The number of anilines is 1. The molecule has 3 aromatic heterocycles. The Bertz CT molecular complexity index is 1830. The minimum atomic E-state index is -0.535. The van der Waals surface area contributed by atoms with Crippen molar-refractivity contribution < 1.29 is 14.3 Å². The number of nitrogens with zero attached hydrogens (tertiary/aromatic N) is 4. The second-order valence-electron chi connectivity index (χ2n) is 13.7. The molecule has 0 aliphatic carbocycles. The molecule has 0 spiro atoms. The number of hydrogen-bond acceptors (Lipinski definition) is 6. The van der Waals surface area contributed by atoms with E-state index in [1.807, 2.05) is 72.0 Å². The second kappa shape index (κ2) is 12.7. The topological polar surface area (TPSA) is 113 Å². The molecule has 1 aliphatic heterocycles. The molecular formula is C36H46N6O4. The highest BCUT2D eigenvalue weighted by atomic mass is 16.6. The summed E-state index contributed by atoms with van der Waals surface area (Å²) in [6, 6.07) is 10.2. The summed E-state index contributed by atoms with van der Waals surface area (Å²) in [7, 11) is 0. The van der Waals surface area contributed by atoms with Crippen molar-refractivity contribution in [1.29, 1.82) is 0 Å². The maximum Gasteiger partial charge on any atom is 0.410 e. The van der Waals surface area contributed by atoms with Crippen LogP contribution >= 0.6 is 0 Å². The van der Waals surface area contributed by atoms with E-state index >= 15 is 0 Å². The van der Waals surface area contributed by atoms with Crippen LogP contribution in [0.5, 0.6) is 0 Å². The van der Waals surface area contributed by atoms with Crippen molar-refractivity contribution in [3.05, 3.63) is 81.0 Å². The Balaban J connectivity index is 1.42. The zero-order valence-corrected chi connectivity index (χ0v) is 28.4. The molecule has 1 aliphatic rings. The number of benzene rings is 1. The fourth-order valence-electron chi connectivity index (χ4n) is 6.24. The number of ether oxygens (including phenoxy) is 1. The molecule has 1 atom stereocenters. The fourth-order valence-corrected chi connectivity index (χ4v) is 6.24. The molecule has 5 rings (SSSR count). The molecule has 10 nitrogen and oxygen atoms in total. The number of carbonyl (C=O) groups is 2. The molecule has 1 fully saturated rings. The third-order valence-corrected chi connectivity index (χ3v) is 8.50. The van der Waals surface area contributed by atoms with Crippen molar-refractivity contribution >= 4 is 28.7 Å². The standard InChI is InChI=1S/C36H46N6O4/c1-21(2)42-19-23(4)32-28(33(43)38-18-29-22(3)14-24(5)39-34(29)44)15-27(16-30(32)42)26-10-11-31(37-17-26)41-13-12-40(20-25(41)6)35(45)46-36(7,8)9/h10-11,14-17,19,21,25H,12-13,18,20H2,1-9H3,(H,38,43)(H,39,44). The van der Waals surface area contributed by atoms with Crippen molar-refractivity contribution in [3.63, 3.8) is 0 Å². The molecule has 2 N–H and O–H groups in total. The number of amides is 2. The van der Waals surface area contributed by atoms with Gasteiger partial charge < -0.3 is 29.4 Å². The first-order valence-corrected chi connectivity index (χ1v) is 16.0. The number of fused-ring (bicyclic) bond motifs is 1. The summed E-state index contributed by atoms with van der Waals surface area (Å²) < 4.78 is 7.76. The van der Waals surface area contributed by atoms with Crippen LogP contribution in [0.3, 0.4) is 0 Å². The average molecular weight is 627 g/mol. The third-order valence-electron chi connectivity index (χ3n) is 8.50. The van der Waals surface area contributed by atoms with Gasteiger partial charge in [0.05, 0.1) is 0 Å². The predicted octanol–water partition coefficient (Wildman–Crippen LogP) is 6.27. The van der Waals surface area contributed by atoms with Crippen LogP contribution in [0.4, 0.5) is 10.6 Å². The predicted molar refractivity (Wildman–Crippen MR) is 183 cm³/mol. The Morgan fingerprint density at radius 1 is 1.07 bits per heavy atom. The van der Waals surface area contributed by atoms with Gasteiger partial charge in [-0.1, -0.05) is 0 Å². The van der Waals surface area contributed by atoms with E-state index < -0.39 is 5.60 Å². The number of nitrogens with one attached hydrogen (secondary N) is 2. The molecule has 0 bridgehead atoms. The summed E-state index contributed by atoms with van der Waals surface area (Å²) in [5.41, 5.74) is 5.75. The number of piperazine rings is 1. The van der Waals surface area contributed by atoms with Gasteiger partial charge in [-0.25, -0.2) is 9.78 Å². The minimum absolute atomic E-state index is 0.0629. The molecule has 1 unspecified atom stereocenters. The first kappa shape index (κ1) is 32.8. The maximum atomic E-state index is 13.8. The van der Waals surface area contributed by atoms with E-state index in [1.165, 1.54) is 0 Å². The van der Waals surface area contributed by atoms with E-state index in [1.54, 1.807) is 4.90 Å². The van der Waals surface area contributed by atoms with Crippen molar-refractivity contribution in [2.75, 3.05) is 24.5 Å². The number of pyridine rings is 2. The third kappa shape index (κ3) is 6.80. The highest BCUT2D eigenvalue weighted by Gasteiger charge is 2.30. The Morgan fingerprint density at radius 3 is 2.41 bits per heavy atom. The smallest absolute Gasteiger partial charge is 0.410 e. The Hall–Kier alpha value is -4.60. The van der Waals surface area contributed by atoms with Crippen molar-refractivity contribution in [3.8, 4) is 11.1 Å². The van der Waals surface area contributed by atoms with Gasteiger partial charge in [0.2, 0.25) is 0 Å². The summed E-state index contributed by atoms with van der Waals surface area (Å²) in [4.78, 5) is 50.6. The van der Waals surface area contributed by atoms with Crippen LogP contribution in [0.25, 0.3) is 22.0 Å². The average Bonchev–Trinajstić information content (AvgIpc) is 3.31. The van der Waals surface area contributed by atoms with Crippen molar-refractivity contribution in [1.82, 2.24) is 24.8 Å². The molecule has 4 heterocycles. The van der Waals surface area contributed by atoms with Crippen LogP contribution in [-0.2, 0) is 11.3 Å². The molecule has 244 valence electrons. The van der Waals surface area contributed by atoms with Crippen LogP contribution in [-0.4, -0.2) is 62.7 Å². The van der Waals surface area contributed by atoms with Crippen LogP contribution in [0.1, 0.15) is 80.3 Å². The lowest BCUT2D eigenvalue weighted by molar-refractivity contribution is 0.0218. The summed E-state index contributed by atoms with van der Waals surface area (Å²) in [6.07, 6.45) is 3.64. The first-order chi connectivity index (χ1) is 21.6. The van der Waals surface area contributed by atoms with Crippen LogP contribution in [0.2, 0.25) is 0 Å². The molecule has 0 saturated carbocycles. The number of rotatable bonds is 6. The quantitative estimate of drug-likeness (QED) is 0.261. The van der Waals surface area contributed by atoms with E-state index in [0.717, 1.165) is 44.7 Å². The molecular weight excluding hydrogens is 580 g/mol. The second-order valence-corrected chi connectivity index (χ2v) is 13.7. The van der Waals surface area contributed by atoms with Crippen LogP contribution in [0, 0.1) is 20.8 Å². The molecule has 1 aromatic carbocycles. The molecule has 2 amide bonds. The van der Waals surface area contributed by atoms with Gasteiger partial charge >= 0.3 is 6.09 Å². The Morgan fingerprint density at radius 2 is 1.80 bits per heavy atom. The van der Waals surface area contributed by atoms with E-state index in [0.29, 0.717) is 30.8 Å². The van der Waals surface area contributed by atoms with Crippen LogP contribution < -0.4 is 15.8 Å². The van der Waals surface area contributed by atoms with E-state index in [9.17, 15) is 14.4 Å². The number of aryl methyl sites for hydroxylation is 3. The largest absolute Gasteiger partial charge is 0.444 e. The zero-order valence-electron chi connectivity index (χ0n) is 28.4. The summed E-state index contributed by atoms with van der Waals surface area (Å²) in [5.74, 6) is 0.594. The first-order valence-electron chi connectivity index (χ1n) is 16.0. The van der Waals surface area contributed by atoms with Gasteiger partial charge in [0.15, 0.2) is 0 Å². The normalized spacial score (nSPS) is 15.5. The highest BCUT2D eigenvalue weighted by molar-refractivity contribution is 6.09. The fraction of sp³-hybridized carbons (Fsp3) is 0.444. The van der Waals surface area contributed by atoms with E-state index in [4.69, 9.17) is 9.72 Å². The lowest BCUT2D eigenvalue weighted by Gasteiger charge is -2.40. The number of H-pyrrole nitrogens is 1. The SMILES string of the molecule is Cc1cc(C)c(CNC(=O)c2cc(-c3ccc(N4CCN(C(=O)OC(C)(C)C)CC4C)nc3)cc3c2c(C)cn3C(C)C)c(=O)[nH]1. The lowest BCUT2D eigenvalue weighted by atomic mass is 9.98. The number of aromatic nitrogens is 3. The lowest BCUT2D eigenvalue weighted by Crippen LogP contribution is -2.54. The molecule has 4 aromatic rings. The van der Waals surface area contributed by atoms with Gasteiger partial charge in [0, 0.05) is 83.9 Å². The molecule has 1 saturated heterocycles. The minimum Gasteiger partial charge on any atom is -0.444 e. The summed E-state index contributed by atoms with van der Waals surface area (Å²) >= 11 is 0. The van der Waals surface area contributed by atoms with Gasteiger partial charge in [-0.2, -0.15) is 0 Å². The van der Waals surface area contributed by atoms with Gasteiger partial charge in [0.25, 0.3) is 11.5 Å². The number of carbonyl (C=O) groups excluding carboxylic acids is 2. The summed E-state index contributed by atoms with van der Waals surface area (Å²) in [5, 5.41) is 3.90. The summed E-state index contributed by atoms with van der Waals surface area (Å²) in [6.45, 7) is 19.6.